The number of aryl methyl sites for hydroxylation is 2. The van der Waals surface area contributed by atoms with Crippen LogP contribution in [-0.4, -0.2) is 14.6 Å². The summed E-state index contributed by atoms with van der Waals surface area (Å²) in [7, 11) is 0. The highest BCUT2D eigenvalue weighted by atomic mass is 19.4. The maximum absolute atomic E-state index is 13.2. The molecule has 0 fully saturated rings. The number of nitrogens with one attached hydrogen (secondary N) is 2. The Morgan fingerprint density at radius 1 is 1.14 bits per heavy atom. The number of alkyl halides is 3. The van der Waals surface area contributed by atoms with Gasteiger partial charge in [-0.05, 0) is 37.6 Å². The van der Waals surface area contributed by atoms with Crippen LogP contribution in [0.1, 0.15) is 22.3 Å². The quantitative estimate of drug-likeness (QED) is 0.476. The summed E-state index contributed by atoms with van der Waals surface area (Å²) >= 11 is 0. The molecule has 2 aromatic carbocycles. The van der Waals surface area contributed by atoms with E-state index < -0.39 is 11.7 Å². The lowest BCUT2D eigenvalue weighted by Crippen LogP contribution is -2.05. The third-order valence-electron chi connectivity index (χ3n) is 4.68. The van der Waals surface area contributed by atoms with Crippen LogP contribution in [0.3, 0.4) is 0 Å². The molecule has 0 spiro atoms. The average Bonchev–Trinajstić information content (AvgIpc) is 3.23. The van der Waals surface area contributed by atoms with Gasteiger partial charge in [0.2, 0.25) is 0 Å². The second-order valence-corrected chi connectivity index (χ2v) is 6.79. The minimum atomic E-state index is -4.46. The van der Waals surface area contributed by atoms with Crippen LogP contribution in [-0.2, 0) is 6.18 Å². The Morgan fingerprint density at radius 2 is 1.93 bits per heavy atom. The highest BCUT2D eigenvalue weighted by Gasteiger charge is 2.31. The van der Waals surface area contributed by atoms with Gasteiger partial charge in [0.15, 0.2) is 11.5 Å². The Bertz CT molecular complexity index is 1260. The lowest BCUT2D eigenvalue weighted by Gasteiger charge is -2.12. The van der Waals surface area contributed by atoms with Crippen molar-refractivity contribution in [3.8, 4) is 17.3 Å². The van der Waals surface area contributed by atoms with Gasteiger partial charge < -0.3 is 5.32 Å². The predicted octanol–water partition coefficient (Wildman–Crippen LogP) is 5.58. The number of nitrogens with zero attached hydrogens (tertiary/aromatic N) is 3. The van der Waals surface area contributed by atoms with Gasteiger partial charge in [-0.2, -0.15) is 18.4 Å². The predicted molar refractivity (Wildman–Crippen MR) is 104 cm³/mol. The van der Waals surface area contributed by atoms with E-state index >= 15 is 0 Å². The van der Waals surface area contributed by atoms with Gasteiger partial charge >= 0.3 is 6.18 Å². The summed E-state index contributed by atoms with van der Waals surface area (Å²) < 4.78 is 41.1. The molecule has 5 nitrogen and oxygen atoms in total. The van der Waals surface area contributed by atoms with Crippen molar-refractivity contribution in [1.29, 1.82) is 5.26 Å². The monoisotopic (exact) mass is 395 g/mol. The van der Waals surface area contributed by atoms with Crippen molar-refractivity contribution >= 4 is 17.2 Å². The zero-order valence-corrected chi connectivity index (χ0v) is 15.6. The standard InChI is InChI=1S/C21H16F3N5/c1-12-6-7-17(13(2)8-12)27-20-18(28-19-15(10-25)11-26-29(19)20)14-4-3-5-16(9-14)21(22,23)24/h3-9,11,26-27H,1-2H3. The topological polar surface area (TPSA) is 68.9 Å². The van der Waals surface area contributed by atoms with Crippen LogP contribution in [0, 0.1) is 25.2 Å². The largest absolute Gasteiger partial charge is 0.416 e. The summed E-state index contributed by atoms with van der Waals surface area (Å²) in [4.78, 5) is 4.46. The lowest BCUT2D eigenvalue weighted by molar-refractivity contribution is -0.137. The molecule has 2 heterocycles. The van der Waals surface area contributed by atoms with Gasteiger partial charge in [-0.15, -0.1) is 0 Å². The molecule has 29 heavy (non-hydrogen) atoms. The van der Waals surface area contributed by atoms with Crippen molar-refractivity contribution in [3.63, 3.8) is 0 Å². The van der Waals surface area contributed by atoms with Crippen molar-refractivity contribution in [2.24, 2.45) is 0 Å². The van der Waals surface area contributed by atoms with Crippen molar-refractivity contribution < 1.29 is 13.2 Å². The summed E-state index contributed by atoms with van der Waals surface area (Å²) in [6, 6.07) is 12.9. The fourth-order valence-electron chi connectivity index (χ4n) is 3.24. The minimum absolute atomic E-state index is 0.298. The number of imidazole rings is 1. The summed E-state index contributed by atoms with van der Waals surface area (Å²) in [6.45, 7) is 3.92. The van der Waals surface area contributed by atoms with Gasteiger partial charge in [0.25, 0.3) is 0 Å². The first-order valence-electron chi connectivity index (χ1n) is 8.80. The number of hydrogen-bond acceptors (Lipinski definition) is 3. The molecule has 146 valence electrons. The first-order valence-corrected chi connectivity index (χ1v) is 8.80. The normalized spacial score (nSPS) is 11.6. The summed E-state index contributed by atoms with van der Waals surface area (Å²) in [5.74, 6) is 0.452. The van der Waals surface area contributed by atoms with E-state index in [0.29, 0.717) is 28.3 Å². The van der Waals surface area contributed by atoms with E-state index in [0.717, 1.165) is 28.9 Å². The number of nitriles is 1. The lowest BCUT2D eigenvalue weighted by atomic mass is 10.1. The SMILES string of the molecule is Cc1ccc(Nc2c(-c3cccc(C(F)(F)F)c3)nc3c(C#N)c[nH]n23)c(C)c1. The molecule has 0 unspecified atom stereocenters. The molecule has 0 aliphatic rings. The summed E-state index contributed by atoms with van der Waals surface area (Å²) in [5, 5.41) is 15.5. The first kappa shape index (κ1) is 18.6. The van der Waals surface area contributed by atoms with E-state index in [4.69, 9.17) is 0 Å². The number of fused-ring (bicyclic) bond motifs is 1. The van der Waals surface area contributed by atoms with Gasteiger partial charge in [-0.3, -0.25) is 5.10 Å². The van der Waals surface area contributed by atoms with E-state index in [-0.39, 0.29) is 0 Å². The van der Waals surface area contributed by atoms with Crippen LogP contribution < -0.4 is 5.32 Å². The Hall–Kier alpha value is -3.73. The Morgan fingerprint density at radius 3 is 2.62 bits per heavy atom. The van der Waals surface area contributed by atoms with Gasteiger partial charge in [0, 0.05) is 17.4 Å². The number of aromatic nitrogens is 3. The molecular formula is C21H16F3N5. The van der Waals surface area contributed by atoms with Gasteiger partial charge in [-0.25, -0.2) is 9.50 Å². The number of benzene rings is 2. The zero-order chi connectivity index (χ0) is 20.8. The highest BCUT2D eigenvalue weighted by Crippen LogP contribution is 2.36. The van der Waals surface area contributed by atoms with E-state index in [9.17, 15) is 18.4 Å². The minimum Gasteiger partial charge on any atom is -0.338 e. The second kappa shape index (κ2) is 6.71. The Kier molecular flexibility index (Phi) is 4.31. The molecular weight excluding hydrogens is 379 g/mol. The van der Waals surface area contributed by atoms with Crippen molar-refractivity contribution in [1.82, 2.24) is 14.6 Å². The molecule has 0 bridgehead atoms. The molecule has 0 saturated carbocycles. The molecule has 4 rings (SSSR count). The Balaban J connectivity index is 1.91. The molecule has 4 aromatic rings. The van der Waals surface area contributed by atoms with Crippen molar-refractivity contribution in [2.45, 2.75) is 20.0 Å². The number of anilines is 2. The number of H-pyrrole nitrogens is 1. The highest BCUT2D eigenvalue weighted by molar-refractivity contribution is 5.81. The van der Waals surface area contributed by atoms with Gasteiger partial charge in [-0.1, -0.05) is 29.8 Å². The van der Waals surface area contributed by atoms with Crippen molar-refractivity contribution in [3.05, 3.63) is 70.9 Å². The maximum atomic E-state index is 13.2. The number of halogens is 3. The summed E-state index contributed by atoms with van der Waals surface area (Å²) in [5.41, 5.74) is 3.35. The smallest absolute Gasteiger partial charge is 0.338 e. The molecule has 0 amide bonds. The number of rotatable bonds is 3. The van der Waals surface area contributed by atoms with Crippen LogP contribution >= 0.6 is 0 Å². The van der Waals surface area contributed by atoms with E-state index in [2.05, 4.69) is 15.4 Å². The van der Waals surface area contributed by atoms with Crippen LogP contribution in [0.5, 0.6) is 0 Å². The zero-order valence-electron chi connectivity index (χ0n) is 15.6. The molecule has 2 N–H and O–H groups in total. The molecule has 2 aromatic heterocycles. The second-order valence-electron chi connectivity index (χ2n) is 6.79. The molecule has 0 saturated heterocycles. The number of hydrogen-bond donors (Lipinski definition) is 2. The van der Waals surface area contributed by atoms with Crippen LogP contribution in [0.25, 0.3) is 16.9 Å². The molecule has 0 radical (unpaired) electrons. The van der Waals surface area contributed by atoms with E-state index in [1.807, 2.05) is 38.1 Å². The van der Waals surface area contributed by atoms with Crippen molar-refractivity contribution in [2.75, 3.05) is 5.32 Å². The maximum Gasteiger partial charge on any atom is 0.416 e. The Labute approximate surface area is 164 Å². The van der Waals surface area contributed by atoms with Crippen LogP contribution in [0.2, 0.25) is 0 Å². The van der Waals surface area contributed by atoms with Gasteiger partial charge in [0.05, 0.1) is 5.56 Å². The van der Waals surface area contributed by atoms with E-state index in [1.165, 1.54) is 12.3 Å². The molecule has 8 heteroatoms. The fraction of sp³-hybridized carbons (Fsp3) is 0.143. The number of aromatic amines is 1. The molecule has 0 atom stereocenters. The van der Waals surface area contributed by atoms with Crippen LogP contribution in [0.4, 0.5) is 24.7 Å². The summed E-state index contributed by atoms with van der Waals surface area (Å²) in [6.07, 6.45) is -2.96. The molecule has 0 aliphatic carbocycles. The fourth-order valence-corrected chi connectivity index (χ4v) is 3.24. The third kappa shape index (κ3) is 3.31. The first-order chi connectivity index (χ1) is 13.8. The van der Waals surface area contributed by atoms with Crippen LogP contribution in [0.15, 0.2) is 48.7 Å². The third-order valence-corrected chi connectivity index (χ3v) is 4.68. The van der Waals surface area contributed by atoms with Gasteiger partial charge in [0.1, 0.15) is 17.3 Å². The molecule has 0 aliphatic heterocycles. The van der Waals surface area contributed by atoms with E-state index in [1.54, 1.807) is 10.6 Å². The average molecular weight is 395 g/mol.